The lowest BCUT2D eigenvalue weighted by molar-refractivity contribution is 0.0355. The minimum absolute atomic E-state index is 0.181. The summed E-state index contributed by atoms with van der Waals surface area (Å²) < 4.78 is 0. The minimum Gasteiger partial charge on any atom is -0.390 e. The van der Waals surface area contributed by atoms with E-state index in [1.807, 2.05) is 42.5 Å². The first-order valence-electron chi connectivity index (χ1n) is 11.7. The Bertz CT molecular complexity index is 1080. The van der Waals surface area contributed by atoms with Gasteiger partial charge in [-0.25, -0.2) is 0 Å². The topological polar surface area (TPSA) is 40.5 Å². The summed E-state index contributed by atoms with van der Waals surface area (Å²) in [6.07, 6.45) is 2.40. The van der Waals surface area contributed by atoms with Crippen LogP contribution in [0.1, 0.15) is 34.3 Å². The second kappa shape index (κ2) is 8.65. The minimum atomic E-state index is -0.599. The number of aliphatic hydroxyl groups is 1. The Balaban J connectivity index is 1.17. The number of hydrogen-bond acceptors (Lipinski definition) is 3. The van der Waals surface area contributed by atoms with E-state index in [0.717, 1.165) is 43.5 Å². The molecular weight excluding hydrogens is 394 g/mol. The summed E-state index contributed by atoms with van der Waals surface area (Å²) in [7, 11) is 0. The molecule has 1 aliphatic carbocycles. The van der Waals surface area contributed by atoms with Gasteiger partial charge in [-0.15, -0.1) is 0 Å². The SMILES string of the molecule is Cc1cccc(-c2ccc(C(=O)CN3C[C@@H]4C[C@](O)(Cc5ccccc5)C[C@@H]4C3)cc2)c1. The summed E-state index contributed by atoms with van der Waals surface area (Å²) in [5.41, 5.74) is 4.93. The van der Waals surface area contributed by atoms with Gasteiger partial charge in [0.1, 0.15) is 0 Å². The highest BCUT2D eigenvalue weighted by atomic mass is 16.3. The van der Waals surface area contributed by atoms with Gasteiger partial charge in [0.15, 0.2) is 5.78 Å². The van der Waals surface area contributed by atoms with Crippen molar-refractivity contribution in [2.24, 2.45) is 11.8 Å². The van der Waals surface area contributed by atoms with Gasteiger partial charge in [0.05, 0.1) is 12.1 Å². The van der Waals surface area contributed by atoms with Crippen LogP contribution in [0.15, 0.2) is 78.9 Å². The van der Waals surface area contributed by atoms with Crippen LogP contribution in [-0.4, -0.2) is 41.0 Å². The maximum absolute atomic E-state index is 12.9. The number of ketones is 1. The quantitative estimate of drug-likeness (QED) is 0.555. The van der Waals surface area contributed by atoms with Gasteiger partial charge in [0.2, 0.25) is 0 Å². The molecule has 3 aromatic carbocycles. The summed E-state index contributed by atoms with van der Waals surface area (Å²) in [4.78, 5) is 15.2. The first-order chi connectivity index (χ1) is 15.5. The van der Waals surface area contributed by atoms with Crippen molar-refractivity contribution >= 4 is 5.78 Å². The molecule has 5 rings (SSSR count). The molecule has 2 aliphatic rings. The average molecular weight is 426 g/mol. The van der Waals surface area contributed by atoms with Gasteiger partial charge in [-0.1, -0.05) is 84.4 Å². The Morgan fingerprint density at radius 1 is 0.906 bits per heavy atom. The van der Waals surface area contributed by atoms with E-state index in [1.54, 1.807) is 0 Å². The maximum Gasteiger partial charge on any atom is 0.176 e. The number of fused-ring (bicyclic) bond motifs is 1. The van der Waals surface area contributed by atoms with Crippen molar-refractivity contribution in [1.82, 2.24) is 4.90 Å². The summed E-state index contributed by atoms with van der Waals surface area (Å²) in [6, 6.07) is 26.7. The van der Waals surface area contributed by atoms with Gasteiger partial charge in [0.25, 0.3) is 0 Å². The number of rotatable bonds is 6. The largest absolute Gasteiger partial charge is 0.390 e. The fourth-order valence-corrected chi connectivity index (χ4v) is 5.77. The average Bonchev–Trinajstić information content (AvgIpc) is 3.28. The smallest absolute Gasteiger partial charge is 0.176 e. The molecule has 3 nitrogen and oxygen atoms in total. The van der Waals surface area contributed by atoms with E-state index in [2.05, 4.69) is 48.2 Å². The van der Waals surface area contributed by atoms with Crippen LogP contribution in [0.5, 0.6) is 0 Å². The van der Waals surface area contributed by atoms with E-state index in [-0.39, 0.29) is 5.78 Å². The van der Waals surface area contributed by atoms with Gasteiger partial charge in [-0.05, 0) is 48.3 Å². The molecule has 1 heterocycles. The van der Waals surface area contributed by atoms with Crippen molar-refractivity contribution in [2.45, 2.75) is 31.8 Å². The van der Waals surface area contributed by atoms with Gasteiger partial charge in [0, 0.05) is 25.1 Å². The van der Waals surface area contributed by atoms with Crippen molar-refractivity contribution < 1.29 is 9.90 Å². The van der Waals surface area contributed by atoms with Crippen molar-refractivity contribution in [2.75, 3.05) is 19.6 Å². The lowest BCUT2D eigenvalue weighted by Gasteiger charge is -2.26. The number of carbonyl (C=O) groups is 1. The van der Waals surface area contributed by atoms with Crippen molar-refractivity contribution in [1.29, 1.82) is 0 Å². The van der Waals surface area contributed by atoms with E-state index in [0.29, 0.717) is 18.4 Å². The van der Waals surface area contributed by atoms with E-state index < -0.39 is 5.60 Å². The molecule has 1 saturated heterocycles. The molecule has 0 unspecified atom stereocenters. The number of aryl methyl sites for hydroxylation is 1. The van der Waals surface area contributed by atoms with Crippen LogP contribution in [0.2, 0.25) is 0 Å². The Morgan fingerprint density at radius 2 is 1.59 bits per heavy atom. The Hall–Kier alpha value is -2.75. The van der Waals surface area contributed by atoms with Crippen molar-refractivity contribution in [3.8, 4) is 11.1 Å². The Kier molecular flexibility index (Phi) is 5.71. The predicted octanol–water partition coefficient (Wildman–Crippen LogP) is 5.16. The fraction of sp³-hybridized carbons (Fsp3) is 0.345. The van der Waals surface area contributed by atoms with Crippen LogP contribution in [0.3, 0.4) is 0 Å². The van der Waals surface area contributed by atoms with Gasteiger partial charge in [-0.2, -0.15) is 0 Å². The first-order valence-corrected chi connectivity index (χ1v) is 11.7. The third-order valence-electron chi connectivity index (χ3n) is 7.24. The highest BCUT2D eigenvalue weighted by molar-refractivity contribution is 5.98. The molecule has 0 radical (unpaired) electrons. The van der Waals surface area contributed by atoms with E-state index in [9.17, 15) is 9.90 Å². The van der Waals surface area contributed by atoms with Crippen LogP contribution >= 0.6 is 0 Å². The highest BCUT2D eigenvalue weighted by Crippen LogP contribution is 2.45. The highest BCUT2D eigenvalue weighted by Gasteiger charge is 2.48. The van der Waals surface area contributed by atoms with Gasteiger partial charge in [-0.3, -0.25) is 9.69 Å². The molecule has 3 heteroatoms. The van der Waals surface area contributed by atoms with Crippen LogP contribution in [0, 0.1) is 18.8 Å². The second-order valence-electron chi connectivity index (χ2n) is 9.88. The van der Waals surface area contributed by atoms with Crippen LogP contribution in [-0.2, 0) is 6.42 Å². The number of carbonyl (C=O) groups excluding carboxylic acids is 1. The molecule has 1 saturated carbocycles. The normalized spacial score (nSPS) is 25.1. The molecule has 3 aromatic rings. The number of hydrogen-bond donors (Lipinski definition) is 1. The van der Waals surface area contributed by atoms with E-state index in [1.165, 1.54) is 16.7 Å². The third kappa shape index (κ3) is 4.55. The molecule has 1 aliphatic heterocycles. The molecule has 32 heavy (non-hydrogen) atoms. The zero-order valence-electron chi connectivity index (χ0n) is 18.7. The number of benzene rings is 3. The van der Waals surface area contributed by atoms with Crippen molar-refractivity contribution in [3.63, 3.8) is 0 Å². The molecule has 0 aromatic heterocycles. The lowest BCUT2D eigenvalue weighted by atomic mass is 9.91. The van der Waals surface area contributed by atoms with Crippen LogP contribution < -0.4 is 0 Å². The summed E-state index contributed by atoms with van der Waals surface area (Å²) >= 11 is 0. The van der Waals surface area contributed by atoms with Gasteiger partial charge < -0.3 is 5.11 Å². The molecule has 0 amide bonds. The summed E-state index contributed by atoms with van der Waals surface area (Å²) in [6.45, 7) is 4.38. The van der Waals surface area contributed by atoms with E-state index in [4.69, 9.17) is 0 Å². The number of Topliss-reactive ketones (excluding diaryl/α,β-unsaturated/α-hetero) is 1. The van der Waals surface area contributed by atoms with Crippen LogP contribution in [0.25, 0.3) is 11.1 Å². The maximum atomic E-state index is 12.9. The first kappa shape index (κ1) is 21.1. The molecule has 1 N–H and O–H groups in total. The lowest BCUT2D eigenvalue weighted by Crippen LogP contribution is -2.34. The van der Waals surface area contributed by atoms with Crippen LogP contribution in [0.4, 0.5) is 0 Å². The second-order valence-corrected chi connectivity index (χ2v) is 9.88. The molecule has 0 bridgehead atoms. The molecular formula is C29H31NO2. The molecule has 0 spiro atoms. The third-order valence-corrected chi connectivity index (χ3v) is 7.24. The molecule has 2 fully saturated rings. The summed E-state index contributed by atoms with van der Waals surface area (Å²) in [5, 5.41) is 11.1. The van der Waals surface area contributed by atoms with E-state index >= 15 is 0 Å². The fourth-order valence-electron chi connectivity index (χ4n) is 5.77. The standard InChI is InChI=1S/C29H31NO2/c1-21-6-5-9-25(14-21)23-10-12-24(13-11-23)28(31)20-30-18-26-16-29(32,17-27(26)19-30)15-22-7-3-2-4-8-22/h2-14,26-27,32H,15-20H2,1H3/t26-,27+,29+. The molecule has 164 valence electrons. The summed E-state index contributed by atoms with van der Waals surface area (Å²) in [5.74, 6) is 1.15. The number of likely N-dealkylation sites (tertiary alicyclic amines) is 1. The zero-order chi connectivity index (χ0) is 22.1. The van der Waals surface area contributed by atoms with Gasteiger partial charge >= 0.3 is 0 Å². The zero-order valence-corrected chi connectivity index (χ0v) is 18.7. The molecule has 3 atom stereocenters. The van der Waals surface area contributed by atoms with Crippen molar-refractivity contribution in [3.05, 3.63) is 95.6 Å². The Labute approximate surface area is 190 Å². The predicted molar refractivity (Wildman–Crippen MR) is 129 cm³/mol. The Morgan fingerprint density at radius 3 is 2.25 bits per heavy atom. The number of nitrogens with zero attached hydrogens (tertiary/aromatic N) is 1. The monoisotopic (exact) mass is 425 g/mol.